The van der Waals surface area contributed by atoms with Crippen LogP contribution in [0.15, 0.2) is 84.9 Å². The summed E-state index contributed by atoms with van der Waals surface area (Å²) in [6, 6.07) is 26.0. The number of hydrogen-bond donors (Lipinski definition) is 1. The molecule has 0 aliphatic rings. The van der Waals surface area contributed by atoms with Gasteiger partial charge in [0.15, 0.2) is 0 Å². The maximum Gasteiger partial charge on any atom is 0.243 e. The molecule has 0 aliphatic carbocycles. The number of carbonyl (C=O) groups excluding carboxylic acids is 2. The molecule has 3 aromatic rings. The summed E-state index contributed by atoms with van der Waals surface area (Å²) in [5.41, 5.74) is 2.80. The zero-order valence-electron chi connectivity index (χ0n) is 18.7. The Morgan fingerprint density at radius 3 is 2.09 bits per heavy atom. The number of rotatable bonds is 11. The van der Waals surface area contributed by atoms with Gasteiger partial charge < -0.3 is 15.0 Å². The Labute approximate surface area is 200 Å². The summed E-state index contributed by atoms with van der Waals surface area (Å²) in [6.45, 7) is 1.12. The molecule has 3 aromatic carbocycles. The Hall–Kier alpha value is -3.15. The lowest BCUT2D eigenvalue weighted by atomic mass is 10.0. The second-order valence-electron chi connectivity index (χ2n) is 7.80. The minimum absolute atomic E-state index is 0.121. The lowest BCUT2D eigenvalue weighted by molar-refractivity contribution is -0.140. The van der Waals surface area contributed by atoms with Crippen molar-refractivity contribution in [3.63, 3.8) is 0 Å². The van der Waals surface area contributed by atoms with E-state index < -0.39 is 6.04 Å². The second kappa shape index (κ2) is 12.8. The van der Waals surface area contributed by atoms with Gasteiger partial charge in [-0.15, -0.1) is 0 Å². The average molecular weight is 465 g/mol. The number of hydrogen-bond acceptors (Lipinski definition) is 3. The van der Waals surface area contributed by atoms with Gasteiger partial charge in [0.1, 0.15) is 6.04 Å². The van der Waals surface area contributed by atoms with E-state index in [4.69, 9.17) is 16.3 Å². The predicted octanol–water partition coefficient (Wildman–Crippen LogP) is 4.29. The lowest BCUT2D eigenvalue weighted by Gasteiger charge is -2.31. The van der Waals surface area contributed by atoms with Gasteiger partial charge >= 0.3 is 0 Å². The molecule has 0 spiro atoms. The molecule has 1 N–H and O–H groups in total. The molecule has 1 atom stereocenters. The maximum absolute atomic E-state index is 13.6. The van der Waals surface area contributed by atoms with Crippen molar-refractivity contribution < 1.29 is 14.3 Å². The largest absolute Gasteiger partial charge is 0.383 e. The van der Waals surface area contributed by atoms with Crippen molar-refractivity contribution in [1.82, 2.24) is 10.2 Å². The van der Waals surface area contributed by atoms with E-state index in [1.165, 1.54) is 0 Å². The van der Waals surface area contributed by atoms with Crippen LogP contribution < -0.4 is 5.32 Å². The molecule has 0 radical (unpaired) electrons. The van der Waals surface area contributed by atoms with Crippen molar-refractivity contribution in [2.24, 2.45) is 0 Å². The fraction of sp³-hybridized carbons (Fsp3) is 0.259. The van der Waals surface area contributed by atoms with Crippen LogP contribution in [0.25, 0.3) is 0 Å². The molecule has 0 aliphatic heterocycles. The number of amides is 2. The van der Waals surface area contributed by atoms with E-state index in [0.717, 1.165) is 16.7 Å². The van der Waals surface area contributed by atoms with Gasteiger partial charge in [0, 0.05) is 31.6 Å². The smallest absolute Gasteiger partial charge is 0.243 e. The minimum Gasteiger partial charge on any atom is -0.383 e. The van der Waals surface area contributed by atoms with Crippen LogP contribution in [0, 0.1) is 0 Å². The highest BCUT2D eigenvalue weighted by atomic mass is 35.5. The molecule has 0 fully saturated rings. The topological polar surface area (TPSA) is 58.6 Å². The minimum atomic E-state index is -0.663. The van der Waals surface area contributed by atoms with Crippen molar-refractivity contribution in [3.05, 3.63) is 107 Å². The Morgan fingerprint density at radius 2 is 1.48 bits per heavy atom. The van der Waals surface area contributed by atoms with Crippen molar-refractivity contribution in [3.8, 4) is 0 Å². The van der Waals surface area contributed by atoms with Crippen molar-refractivity contribution in [2.75, 3.05) is 20.3 Å². The summed E-state index contributed by atoms with van der Waals surface area (Å²) < 4.78 is 5.08. The first-order valence-electron chi connectivity index (χ1n) is 10.9. The van der Waals surface area contributed by atoms with Crippen LogP contribution in [0.4, 0.5) is 0 Å². The highest BCUT2D eigenvalue weighted by molar-refractivity contribution is 6.30. The van der Waals surface area contributed by atoms with E-state index in [0.29, 0.717) is 31.1 Å². The number of nitrogens with zero attached hydrogens (tertiary/aromatic N) is 1. The van der Waals surface area contributed by atoms with E-state index >= 15 is 0 Å². The number of nitrogens with one attached hydrogen (secondary N) is 1. The van der Waals surface area contributed by atoms with Crippen LogP contribution in [-0.4, -0.2) is 43.0 Å². The number of benzene rings is 3. The van der Waals surface area contributed by atoms with Gasteiger partial charge in [-0.2, -0.15) is 0 Å². The summed E-state index contributed by atoms with van der Waals surface area (Å²) in [5.74, 6) is -0.319. The van der Waals surface area contributed by atoms with Gasteiger partial charge in [0.2, 0.25) is 11.8 Å². The van der Waals surface area contributed by atoms with Crippen LogP contribution in [0.2, 0.25) is 5.02 Å². The number of ether oxygens (including phenoxy) is 1. The number of halogens is 1. The summed E-state index contributed by atoms with van der Waals surface area (Å²) in [6.07, 6.45) is 0.597. The molecule has 33 heavy (non-hydrogen) atoms. The molecule has 0 heterocycles. The van der Waals surface area contributed by atoms with Crippen molar-refractivity contribution in [2.45, 2.75) is 25.4 Å². The molecule has 3 rings (SSSR count). The fourth-order valence-corrected chi connectivity index (χ4v) is 3.73. The normalized spacial score (nSPS) is 11.6. The Balaban J connectivity index is 1.90. The molecule has 0 unspecified atom stereocenters. The van der Waals surface area contributed by atoms with Crippen LogP contribution >= 0.6 is 11.6 Å². The van der Waals surface area contributed by atoms with Gasteiger partial charge in [-0.05, 0) is 28.8 Å². The zero-order valence-corrected chi connectivity index (χ0v) is 19.5. The third kappa shape index (κ3) is 7.74. The average Bonchev–Trinajstić information content (AvgIpc) is 2.84. The van der Waals surface area contributed by atoms with E-state index in [1.807, 2.05) is 72.8 Å². The van der Waals surface area contributed by atoms with Crippen LogP contribution in [-0.2, 0) is 33.7 Å². The molecular formula is C27H29ClN2O3. The fourth-order valence-electron chi connectivity index (χ4n) is 3.61. The first-order chi connectivity index (χ1) is 16.1. The van der Waals surface area contributed by atoms with Crippen LogP contribution in [0.5, 0.6) is 0 Å². The van der Waals surface area contributed by atoms with Gasteiger partial charge in [0.25, 0.3) is 0 Å². The van der Waals surface area contributed by atoms with Crippen LogP contribution in [0.3, 0.4) is 0 Å². The first kappa shape index (κ1) is 24.5. The molecule has 2 amide bonds. The molecule has 0 aromatic heterocycles. The highest BCUT2D eigenvalue weighted by Gasteiger charge is 2.30. The maximum atomic E-state index is 13.6. The lowest BCUT2D eigenvalue weighted by Crippen LogP contribution is -2.51. The predicted molar refractivity (Wildman–Crippen MR) is 131 cm³/mol. The summed E-state index contributed by atoms with van der Waals surface area (Å²) in [7, 11) is 1.59. The Kier molecular flexibility index (Phi) is 9.48. The SMILES string of the molecule is COCCNC(=O)[C@@H](Cc1ccccc1)N(Cc1ccccc1)C(=O)Cc1ccc(Cl)cc1. The third-order valence-corrected chi connectivity index (χ3v) is 5.59. The highest BCUT2D eigenvalue weighted by Crippen LogP contribution is 2.17. The van der Waals surface area contributed by atoms with Gasteiger partial charge in [0.05, 0.1) is 13.0 Å². The zero-order chi connectivity index (χ0) is 23.5. The quantitative estimate of drug-likeness (QED) is 0.431. The summed E-state index contributed by atoms with van der Waals surface area (Å²) >= 11 is 6.00. The van der Waals surface area contributed by atoms with Gasteiger partial charge in [-0.3, -0.25) is 9.59 Å². The van der Waals surface area contributed by atoms with Crippen molar-refractivity contribution >= 4 is 23.4 Å². The molecule has 6 heteroatoms. The number of carbonyl (C=O) groups is 2. The third-order valence-electron chi connectivity index (χ3n) is 5.34. The van der Waals surface area contributed by atoms with E-state index in [2.05, 4.69) is 5.32 Å². The Morgan fingerprint density at radius 1 is 0.879 bits per heavy atom. The molecule has 0 saturated heterocycles. The monoisotopic (exact) mass is 464 g/mol. The molecule has 5 nitrogen and oxygen atoms in total. The van der Waals surface area contributed by atoms with E-state index in [-0.39, 0.29) is 18.2 Å². The summed E-state index contributed by atoms with van der Waals surface area (Å²) in [4.78, 5) is 28.5. The Bertz CT molecular complexity index is 1010. The van der Waals surface area contributed by atoms with Crippen molar-refractivity contribution in [1.29, 1.82) is 0 Å². The standard InChI is InChI=1S/C27H29ClN2O3/c1-33-17-16-29-27(32)25(18-21-8-4-2-5-9-21)30(20-23-10-6-3-7-11-23)26(31)19-22-12-14-24(28)15-13-22/h2-15,25H,16-20H2,1H3,(H,29,32)/t25-/m1/s1. The molecule has 172 valence electrons. The van der Waals surface area contributed by atoms with Crippen LogP contribution in [0.1, 0.15) is 16.7 Å². The van der Waals surface area contributed by atoms with Gasteiger partial charge in [-0.1, -0.05) is 84.4 Å². The second-order valence-corrected chi connectivity index (χ2v) is 8.24. The number of methoxy groups -OCH3 is 1. The molecular weight excluding hydrogens is 436 g/mol. The first-order valence-corrected chi connectivity index (χ1v) is 11.3. The van der Waals surface area contributed by atoms with E-state index in [9.17, 15) is 9.59 Å². The molecule has 0 bridgehead atoms. The summed E-state index contributed by atoms with van der Waals surface area (Å²) in [5, 5.41) is 3.54. The molecule has 0 saturated carbocycles. The van der Waals surface area contributed by atoms with E-state index in [1.54, 1.807) is 24.1 Å². The van der Waals surface area contributed by atoms with Gasteiger partial charge in [-0.25, -0.2) is 0 Å².